The van der Waals surface area contributed by atoms with Crippen LogP contribution in [-0.2, 0) is 11.2 Å². The Morgan fingerprint density at radius 2 is 1.82 bits per heavy atom. The summed E-state index contributed by atoms with van der Waals surface area (Å²) < 4.78 is 5.44. The molecule has 2 amide bonds. The summed E-state index contributed by atoms with van der Waals surface area (Å²) in [5, 5.41) is 1.87. The zero-order valence-corrected chi connectivity index (χ0v) is 17.5. The molecule has 1 aromatic carbocycles. The van der Waals surface area contributed by atoms with E-state index in [2.05, 4.69) is 17.2 Å². The van der Waals surface area contributed by atoms with Crippen LogP contribution in [0.5, 0.6) is 5.75 Å². The predicted octanol–water partition coefficient (Wildman–Crippen LogP) is 4.21. The second-order valence-corrected chi connectivity index (χ2v) is 6.50. The smallest absolute Gasteiger partial charge is 0.286 e. The SMILES string of the molecule is CC.CCc1ccc(C(=O)COc2ccc(C)cc2)nc1.O=C1CSC(=O)N1. The maximum absolute atomic E-state index is 11.9. The number of thioether (sulfide) groups is 1. The van der Waals surface area contributed by atoms with Crippen molar-refractivity contribution < 1.29 is 19.1 Å². The standard InChI is InChI=1S/C16H17NO2.C3H3NO2S.C2H6/c1-3-13-6-9-15(17-10-13)16(18)11-19-14-7-4-12(2)5-8-14;5-2-1-7-3(6)4-2;1-2/h4-10H,3,11H2,1-2H3;1H2,(H,4,5,6);1-2H3. The monoisotopic (exact) mass is 402 g/mol. The van der Waals surface area contributed by atoms with E-state index in [-0.39, 0.29) is 23.5 Å². The van der Waals surface area contributed by atoms with Gasteiger partial charge in [-0.2, -0.15) is 0 Å². The molecule has 3 rings (SSSR count). The van der Waals surface area contributed by atoms with Gasteiger partial charge in [-0.05, 0) is 37.1 Å². The lowest BCUT2D eigenvalue weighted by Gasteiger charge is -2.05. The van der Waals surface area contributed by atoms with Crippen molar-refractivity contribution in [1.29, 1.82) is 0 Å². The summed E-state index contributed by atoms with van der Waals surface area (Å²) >= 11 is 1.01. The summed E-state index contributed by atoms with van der Waals surface area (Å²) in [7, 11) is 0. The molecule has 0 aliphatic carbocycles. The molecule has 0 unspecified atom stereocenters. The number of amides is 2. The van der Waals surface area contributed by atoms with Gasteiger partial charge in [-0.1, -0.05) is 56.3 Å². The van der Waals surface area contributed by atoms with Crippen LogP contribution in [0.15, 0.2) is 42.6 Å². The highest BCUT2D eigenvalue weighted by Gasteiger charge is 2.16. The maximum Gasteiger partial charge on any atom is 0.286 e. The molecule has 150 valence electrons. The van der Waals surface area contributed by atoms with Crippen molar-refractivity contribution in [3.05, 3.63) is 59.4 Å². The van der Waals surface area contributed by atoms with E-state index < -0.39 is 0 Å². The molecule has 6 nitrogen and oxygen atoms in total. The molecule has 28 heavy (non-hydrogen) atoms. The number of imide groups is 1. The van der Waals surface area contributed by atoms with Crippen LogP contribution in [0.25, 0.3) is 0 Å². The summed E-state index contributed by atoms with van der Waals surface area (Å²) in [4.78, 5) is 36.2. The lowest BCUT2D eigenvalue weighted by molar-refractivity contribution is -0.117. The number of hydrogen-bond acceptors (Lipinski definition) is 6. The predicted molar refractivity (Wildman–Crippen MR) is 112 cm³/mol. The fraction of sp³-hybridized carbons (Fsp3) is 0.333. The number of ether oxygens (including phenoxy) is 1. The molecule has 2 aromatic rings. The van der Waals surface area contributed by atoms with Gasteiger partial charge in [-0.15, -0.1) is 0 Å². The second kappa shape index (κ2) is 12.7. The quantitative estimate of drug-likeness (QED) is 0.754. The third kappa shape index (κ3) is 8.35. The van der Waals surface area contributed by atoms with Crippen LogP contribution in [-0.4, -0.2) is 34.3 Å². The van der Waals surface area contributed by atoms with Gasteiger partial charge >= 0.3 is 0 Å². The van der Waals surface area contributed by atoms with Crippen LogP contribution in [0.2, 0.25) is 0 Å². The molecule has 7 heteroatoms. The first-order valence-electron chi connectivity index (χ1n) is 9.12. The van der Waals surface area contributed by atoms with Gasteiger partial charge in [0.25, 0.3) is 5.24 Å². The van der Waals surface area contributed by atoms with Gasteiger partial charge < -0.3 is 4.74 Å². The van der Waals surface area contributed by atoms with Gasteiger partial charge in [0, 0.05) is 6.20 Å². The van der Waals surface area contributed by atoms with E-state index in [1.54, 1.807) is 12.3 Å². The number of nitrogens with one attached hydrogen (secondary N) is 1. The fourth-order valence-electron chi connectivity index (χ4n) is 1.97. The van der Waals surface area contributed by atoms with E-state index in [1.165, 1.54) is 0 Å². The van der Waals surface area contributed by atoms with Crippen molar-refractivity contribution >= 4 is 28.7 Å². The normalized spacial score (nSPS) is 12.1. The Kier molecular flexibility index (Phi) is 10.6. The molecule has 1 saturated heterocycles. The molecular formula is C21H26N2O4S. The van der Waals surface area contributed by atoms with Gasteiger partial charge in [0.15, 0.2) is 6.61 Å². The van der Waals surface area contributed by atoms with Gasteiger partial charge in [-0.3, -0.25) is 24.7 Å². The number of carbonyl (C=O) groups excluding carboxylic acids is 3. The van der Waals surface area contributed by atoms with Crippen LogP contribution < -0.4 is 10.1 Å². The molecule has 1 fully saturated rings. The first-order chi connectivity index (χ1) is 13.5. The van der Waals surface area contributed by atoms with Crippen LogP contribution >= 0.6 is 11.8 Å². The van der Waals surface area contributed by atoms with Gasteiger partial charge in [0.05, 0.1) is 5.75 Å². The molecule has 0 radical (unpaired) electrons. The second-order valence-electron chi connectivity index (χ2n) is 5.55. The first-order valence-corrected chi connectivity index (χ1v) is 10.1. The van der Waals surface area contributed by atoms with Crippen molar-refractivity contribution in [1.82, 2.24) is 10.3 Å². The molecule has 2 heterocycles. The topological polar surface area (TPSA) is 85.4 Å². The van der Waals surface area contributed by atoms with Crippen LogP contribution in [0, 0.1) is 6.92 Å². The number of hydrogen-bond donors (Lipinski definition) is 1. The van der Waals surface area contributed by atoms with Crippen molar-refractivity contribution in [2.24, 2.45) is 0 Å². The maximum atomic E-state index is 11.9. The van der Waals surface area contributed by atoms with E-state index in [1.807, 2.05) is 51.1 Å². The summed E-state index contributed by atoms with van der Waals surface area (Å²) in [6.07, 6.45) is 2.65. The molecule has 0 atom stereocenters. The minimum Gasteiger partial charge on any atom is -0.485 e. The third-order valence-electron chi connectivity index (χ3n) is 3.49. The minimum atomic E-state index is -0.231. The molecule has 0 bridgehead atoms. The fourth-order valence-corrected chi connectivity index (χ4v) is 2.49. The van der Waals surface area contributed by atoms with Crippen LogP contribution in [0.4, 0.5) is 4.79 Å². The highest BCUT2D eigenvalue weighted by atomic mass is 32.2. The summed E-state index contributed by atoms with van der Waals surface area (Å²) in [6, 6.07) is 11.3. The Balaban J connectivity index is 0.000000363. The van der Waals surface area contributed by atoms with Gasteiger partial charge in [0.2, 0.25) is 11.7 Å². The van der Waals surface area contributed by atoms with E-state index in [4.69, 9.17) is 4.74 Å². The van der Waals surface area contributed by atoms with E-state index >= 15 is 0 Å². The van der Waals surface area contributed by atoms with Gasteiger partial charge in [0.1, 0.15) is 11.4 Å². The number of aryl methyl sites for hydroxylation is 2. The lowest BCUT2D eigenvalue weighted by atomic mass is 10.2. The summed E-state index contributed by atoms with van der Waals surface area (Å²) in [5.74, 6) is 0.695. The Morgan fingerprint density at radius 3 is 2.25 bits per heavy atom. The number of nitrogens with zero attached hydrogens (tertiary/aromatic N) is 1. The number of Topliss-reactive ketones (excluding diaryl/α,β-unsaturated/α-hetero) is 1. The average Bonchev–Trinajstić information content (AvgIpc) is 3.12. The third-order valence-corrected chi connectivity index (χ3v) is 4.26. The Hall–Kier alpha value is -2.67. The number of benzene rings is 1. The first kappa shape index (κ1) is 23.4. The minimum absolute atomic E-state index is 0.0154. The molecule has 0 spiro atoms. The lowest BCUT2D eigenvalue weighted by Crippen LogP contribution is -2.18. The van der Waals surface area contributed by atoms with E-state index in [0.29, 0.717) is 17.2 Å². The number of aromatic nitrogens is 1. The Morgan fingerprint density at radius 1 is 1.14 bits per heavy atom. The molecule has 1 N–H and O–H groups in total. The number of ketones is 1. The number of pyridine rings is 1. The van der Waals surface area contributed by atoms with Crippen molar-refractivity contribution in [3.63, 3.8) is 0 Å². The van der Waals surface area contributed by atoms with Crippen molar-refractivity contribution in [2.75, 3.05) is 12.4 Å². The van der Waals surface area contributed by atoms with Crippen molar-refractivity contribution in [2.45, 2.75) is 34.1 Å². The van der Waals surface area contributed by atoms with Crippen LogP contribution in [0.3, 0.4) is 0 Å². The van der Waals surface area contributed by atoms with Gasteiger partial charge in [-0.25, -0.2) is 0 Å². The van der Waals surface area contributed by atoms with E-state index in [0.717, 1.165) is 29.3 Å². The molecule has 1 aromatic heterocycles. The highest BCUT2D eigenvalue weighted by molar-refractivity contribution is 8.14. The van der Waals surface area contributed by atoms with E-state index in [9.17, 15) is 14.4 Å². The molecule has 0 saturated carbocycles. The average molecular weight is 403 g/mol. The number of carbonyl (C=O) groups is 3. The number of rotatable bonds is 5. The summed E-state index contributed by atoms with van der Waals surface area (Å²) in [5.41, 5.74) is 2.73. The zero-order valence-electron chi connectivity index (χ0n) is 16.7. The van der Waals surface area contributed by atoms with Crippen molar-refractivity contribution in [3.8, 4) is 5.75 Å². The highest BCUT2D eigenvalue weighted by Crippen LogP contribution is 2.12. The molecule has 1 aliphatic heterocycles. The Labute approximate surface area is 170 Å². The van der Waals surface area contributed by atoms with Crippen LogP contribution in [0.1, 0.15) is 42.4 Å². The largest absolute Gasteiger partial charge is 0.485 e. The summed E-state index contributed by atoms with van der Waals surface area (Å²) in [6.45, 7) is 8.08. The molecular weight excluding hydrogens is 376 g/mol. The molecule has 1 aliphatic rings. The Bertz CT molecular complexity index is 760. The zero-order chi connectivity index (χ0) is 20.9.